The zero-order chi connectivity index (χ0) is 17.6. The van der Waals surface area contributed by atoms with Crippen LogP contribution in [0.4, 0.5) is 13.2 Å². The van der Waals surface area contributed by atoms with Crippen molar-refractivity contribution in [1.29, 1.82) is 0 Å². The van der Waals surface area contributed by atoms with Gasteiger partial charge in [-0.2, -0.15) is 13.2 Å². The lowest BCUT2D eigenvalue weighted by atomic mass is 10.4. The topological polar surface area (TPSA) is 49.3 Å². The summed E-state index contributed by atoms with van der Waals surface area (Å²) in [6.07, 6.45) is -3.96. The fourth-order valence-electron chi connectivity index (χ4n) is 1.91. The molecule has 0 spiro atoms. The molecule has 0 radical (unpaired) electrons. The molecule has 0 atom stereocenters. The SMILES string of the molecule is CCNC(=NCc1ccc(C)s1)NCCc1nc(C(F)(F)F)cs1. The summed E-state index contributed by atoms with van der Waals surface area (Å²) in [4.78, 5) is 10.5. The fourth-order valence-corrected chi connectivity index (χ4v) is 3.53. The molecule has 0 fully saturated rings. The van der Waals surface area contributed by atoms with Gasteiger partial charge in [-0.1, -0.05) is 0 Å². The molecule has 0 aromatic carbocycles. The molecular formula is C15H19F3N4S2. The van der Waals surface area contributed by atoms with Crippen LogP contribution >= 0.6 is 22.7 Å². The van der Waals surface area contributed by atoms with Crippen LogP contribution in [-0.2, 0) is 19.1 Å². The minimum absolute atomic E-state index is 0.420. The first-order valence-electron chi connectivity index (χ1n) is 7.47. The van der Waals surface area contributed by atoms with Crippen LogP contribution in [0.1, 0.15) is 27.4 Å². The maximum absolute atomic E-state index is 12.5. The summed E-state index contributed by atoms with van der Waals surface area (Å²) in [6, 6.07) is 4.10. The molecule has 0 bridgehead atoms. The molecule has 0 aliphatic heterocycles. The molecule has 2 heterocycles. The number of nitrogens with one attached hydrogen (secondary N) is 2. The average molecular weight is 376 g/mol. The third-order valence-corrected chi connectivity index (χ3v) is 4.90. The van der Waals surface area contributed by atoms with E-state index < -0.39 is 11.9 Å². The first-order chi connectivity index (χ1) is 11.4. The quantitative estimate of drug-likeness (QED) is 0.595. The van der Waals surface area contributed by atoms with Gasteiger partial charge in [0, 0.05) is 34.6 Å². The summed E-state index contributed by atoms with van der Waals surface area (Å²) in [7, 11) is 0. The summed E-state index contributed by atoms with van der Waals surface area (Å²) in [5.74, 6) is 0.649. The molecule has 2 aromatic heterocycles. The molecule has 2 N–H and O–H groups in total. The van der Waals surface area contributed by atoms with Crippen molar-refractivity contribution in [3.05, 3.63) is 38.0 Å². The number of thiophene rings is 1. The lowest BCUT2D eigenvalue weighted by molar-refractivity contribution is -0.140. The van der Waals surface area contributed by atoms with Gasteiger partial charge in [0.2, 0.25) is 0 Å². The minimum atomic E-state index is -4.38. The van der Waals surface area contributed by atoms with Gasteiger partial charge in [0.25, 0.3) is 0 Å². The van der Waals surface area contributed by atoms with Gasteiger partial charge in [-0.15, -0.1) is 22.7 Å². The van der Waals surface area contributed by atoms with Crippen LogP contribution in [0.3, 0.4) is 0 Å². The number of halogens is 3. The van der Waals surface area contributed by atoms with E-state index in [4.69, 9.17) is 0 Å². The maximum atomic E-state index is 12.5. The number of nitrogens with zero attached hydrogens (tertiary/aromatic N) is 2. The number of aryl methyl sites for hydroxylation is 1. The monoisotopic (exact) mass is 376 g/mol. The lowest BCUT2D eigenvalue weighted by Gasteiger charge is -2.10. The molecular weight excluding hydrogens is 357 g/mol. The van der Waals surface area contributed by atoms with Crippen LogP contribution in [0, 0.1) is 6.92 Å². The minimum Gasteiger partial charge on any atom is -0.357 e. The Balaban J connectivity index is 1.85. The van der Waals surface area contributed by atoms with Crippen molar-refractivity contribution in [2.45, 2.75) is 33.0 Å². The molecule has 2 aromatic rings. The molecule has 24 heavy (non-hydrogen) atoms. The molecule has 0 saturated heterocycles. The summed E-state index contributed by atoms with van der Waals surface area (Å²) in [5, 5.41) is 7.75. The Kier molecular flexibility index (Phi) is 6.61. The Morgan fingerprint density at radius 3 is 2.67 bits per heavy atom. The molecule has 2 rings (SSSR count). The van der Waals surface area contributed by atoms with Crippen molar-refractivity contribution < 1.29 is 13.2 Å². The lowest BCUT2D eigenvalue weighted by Crippen LogP contribution is -2.38. The van der Waals surface area contributed by atoms with E-state index >= 15 is 0 Å². The highest BCUT2D eigenvalue weighted by Crippen LogP contribution is 2.29. The Morgan fingerprint density at radius 1 is 1.29 bits per heavy atom. The van der Waals surface area contributed by atoms with Gasteiger partial charge in [0.1, 0.15) is 0 Å². The van der Waals surface area contributed by atoms with Crippen molar-refractivity contribution in [2.75, 3.05) is 13.1 Å². The number of guanidine groups is 1. The maximum Gasteiger partial charge on any atom is 0.434 e. The Hall–Kier alpha value is -1.61. The Bertz CT molecular complexity index is 676. The molecule has 4 nitrogen and oxygen atoms in total. The first kappa shape index (κ1) is 18.7. The number of thiazole rings is 1. The van der Waals surface area contributed by atoms with E-state index in [-0.39, 0.29) is 0 Å². The number of aromatic nitrogens is 1. The molecule has 0 saturated carbocycles. The highest BCUT2D eigenvalue weighted by Gasteiger charge is 2.33. The number of hydrogen-bond donors (Lipinski definition) is 2. The number of alkyl halides is 3. The normalized spacial score (nSPS) is 12.5. The second kappa shape index (κ2) is 8.48. The smallest absolute Gasteiger partial charge is 0.357 e. The van der Waals surface area contributed by atoms with E-state index in [1.807, 2.05) is 19.9 Å². The van der Waals surface area contributed by atoms with Gasteiger partial charge in [0.05, 0.1) is 11.6 Å². The highest BCUT2D eigenvalue weighted by atomic mass is 32.1. The van der Waals surface area contributed by atoms with Crippen LogP contribution in [0.5, 0.6) is 0 Å². The van der Waals surface area contributed by atoms with Crippen LogP contribution in [0.25, 0.3) is 0 Å². The average Bonchev–Trinajstić information content (AvgIpc) is 3.13. The van der Waals surface area contributed by atoms with Gasteiger partial charge in [-0.05, 0) is 26.0 Å². The summed E-state index contributed by atoms with van der Waals surface area (Å²) >= 11 is 2.72. The summed E-state index contributed by atoms with van der Waals surface area (Å²) < 4.78 is 37.5. The molecule has 132 valence electrons. The zero-order valence-corrected chi connectivity index (χ0v) is 15.0. The standard InChI is InChI=1S/C15H19F3N4S2/c1-3-19-14(21-8-11-5-4-10(2)24-11)20-7-6-13-22-12(9-23-13)15(16,17)18/h4-5,9H,3,6-8H2,1-2H3,(H2,19,20,21). The van der Waals surface area contributed by atoms with Gasteiger partial charge in [-0.3, -0.25) is 0 Å². The van der Waals surface area contributed by atoms with E-state index in [2.05, 4.69) is 26.7 Å². The Morgan fingerprint density at radius 2 is 2.08 bits per heavy atom. The summed E-state index contributed by atoms with van der Waals surface area (Å²) in [6.45, 7) is 5.77. The van der Waals surface area contributed by atoms with Crippen molar-refractivity contribution >= 4 is 28.6 Å². The first-order valence-corrected chi connectivity index (χ1v) is 9.17. The third kappa shape index (κ3) is 5.79. The predicted octanol–water partition coefficient (Wildman–Crippen LogP) is 3.83. The largest absolute Gasteiger partial charge is 0.434 e. The van der Waals surface area contributed by atoms with Crippen LogP contribution < -0.4 is 10.6 Å². The molecule has 0 aliphatic rings. The van der Waals surface area contributed by atoms with E-state index in [0.717, 1.165) is 16.7 Å². The van der Waals surface area contributed by atoms with Crippen molar-refractivity contribution in [1.82, 2.24) is 15.6 Å². The molecule has 0 amide bonds. The fraction of sp³-hybridized carbons (Fsp3) is 0.467. The van der Waals surface area contributed by atoms with Gasteiger partial charge in [-0.25, -0.2) is 9.98 Å². The van der Waals surface area contributed by atoms with Gasteiger partial charge in [0.15, 0.2) is 11.7 Å². The van der Waals surface area contributed by atoms with Crippen LogP contribution in [0.15, 0.2) is 22.5 Å². The van der Waals surface area contributed by atoms with E-state index in [0.29, 0.717) is 37.0 Å². The van der Waals surface area contributed by atoms with Crippen molar-refractivity contribution in [2.24, 2.45) is 4.99 Å². The van der Waals surface area contributed by atoms with Gasteiger partial charge >= 0.3 is 6.18 Å². The third-order valence-electron chi connectivity index (χ3n) is 3.01. The van der Waals surface area contributed by atoms with E-state index in [9.17, 15) is 13.2 Å². The molecule has 0 unspecified atom stereocenters. The van der Waals surface area contributed by atoms with E-state index in [1.165, 1.54) is 9.75 Å². The van der Waals surface area contributed by atoms with Crippen molar-refractivity contribution in [3.63, 3.8) is 0 Å². The number of aliphatic imine (C=N–C) groups is 1. The molecule has 9 heteroatoms. The predicted molar refractivity (Wildman–Crippen MR) is 92.7 cm³/mol. The van der Waals surface area contributed by atoms with E-state index in [1.54, 1.807) is 11.3 Å². The second-order valence-corrected chi connectivity index (χ2v) is 7.32. The Labute approximate surface area is 146 Å². The molecule has 0 aliphatic carbocycles. The van der Waals surface area contributed by atoms with Crippen LogP contribution in [-0.4, -0.2) is 24.0 Å². The summed E-state index contributed by atoms with van der Waals surface area (Å²) in [5.41, 5.74) is -0.823. The van der Waals surface area contributed by atoms with Gasteiger partial charge < -0.3 is 10.6 Å². The number of rotatable bonds is 6. The van der Waals surface area contributed by atoms with Crippen LogP contribution in [0.2, 0.25) is 0 Å². The zero-order valence-electron chi connectivity index (χ0n) is 13.4. The van der Waals surface area contributed by atoms with Crippen molar-refractivity contribution in [3.8, 4) is 0 Å². The second-order valence-electron chi connectivity index (χ2n) is 5.01. The number of hydrogen-bond acceptors (Lipinski definition) is 4. The highest BCUT2D eigenvalue weighted by molar-refractivity contribution is 7.11.